The van der Waals surface area contributed by atoms with Crippen molar-refractivity contribution in [2.45, 2.75) is 64.5 Å². The molecule has 1 unspecified atom stereocenters. The third kappa shape index (κ3) is 4.43. The predicted molar refractivity (Wildman–Crippen MR) is 85.9 cm³/mol. The molecule has 1 saturated carbocycles. The van der Waals surface area contributed by atoms with Crippen LogP contribution in [-0.4, -0.2) is 56.5 Å². The summed E-state index contributed by atoms with van der Waals surface area (Å²) in [5.74, 6) is 0.285. The molecular weight excluding hydrogens is 272 g/mol. The topological polar surface area (TPSA) is 49.4 Å². The Morgan fingerprint density at radius 3 is 2.10 bits per heavy atom. The van der Waals surface area contributed by atoms with Gasteiger partial charge in [-0.25, -0.2) is 8.42 Å². The highest BCUT2D eigenvalue weighted by molar-refractivity contribution is 7.90. The number of likely N-dealkylation sites (N-methyl/N-ethyl adjacent to an activating group) is 2. The molecule has 0 radical (unpaired) electrons. The van der Waals surface area contributed by atoms with Crippen molar-refractivity contribution < 1.29 is 8.42 Å². The summed E-state index contributed by atoms with van der Waals surface area (Å²) in [4.78, 5) is 2.55. The van der Waals surface area contributed by atoms with E-state index in [9.17, 15) is 8.42 Å². The Balaban J connectivity index is 2.93. The van der Waals surface area contributed by atoms with Gasteiger partial charge < -0.3 is 5.32 Å². The van der Waals surface area contributed by atoms with Gasteiger partial charge in [-0.1, -0.05) is 33.6 Å². The quantitative estimate of drug-likeness (QED) is 0.708. The number of hydrogen-bond donors (Lipinski definition) is 1. The van der Waals surface area contributed by atoms with Crippen molar-refractivity contribution in [3.05, 3.63) is 0 Å². The van der Waals surface area contributed by atoms with Gasteiger partial charge in [0.25, 0.3) is 0 Å². The van der Waals surface area contributed by atoms with Crippen molar-refractivity contribution in [1.29, 1.82) is 0 Å². The Morgan fingerprint density at radius 2 is 1.70 bits per heavy atom. The number of sulfone groups is 1. The molecule has 1 aliphatic rings. The molecule has 0 spiro atoms. The van der Waals surface area contributed by atoms with E-state index in [4.69, 9.17) is 0 Å². The maximum absolute atomic E-state index is 11.5. The van der Waals surface area contributed by atoms with Gasteiger partial charge in [0, 0.05) is 17.8 Å². The van der Waals surface area contributed by atoms with Gasteiger partial charge in [0.2, 0.25) is 0 Å². The molecule has 1 fully saturated rings. The molecule has 0 aliphatic heterocycles. The Hall–Kier alpha value is -0.130. The van der Waals surface area contributed by atoms with Gasteiger partial charge in [0.1, 0.15) is 9.84 Å². The van der Waals surface area contributed by atoms with Crippen LogP contribution >= 0.6 is 0 Å². The van der Waals surface area contributed by atoms with E-state index in [-0.39, 0.29) is 17.3 Å². The van der Waals surface area contributed by atoms with Crippen LogP contribution in [0.3, 0.4) is 0 Å². The first-order valence-electron chi connectivity index (χ1n) is 8.05. The molecule has 1 atom stereocenters. The summed E-state index contributed by atoms with van der Waals surface area (Å²) in [6, 6.07) is 0.282. The number of nitrogens with zero attached hydrogens (tertiary/aromatic N) is 1. The van der Waals surface area contributed by atoms with Crippen LogP contribution in [0.15, 0.2) is 0 Å². The van der Waals surface area contributed by atoms with Crippen LogP contribution in [0.5, 0.6) is 0 Å². The minimum absolute atomic E-state index is 0.157. The summed E-state index contributed by atoms with van der Waals surface area (Å²) < 4.78 is 23.1. The van der Waals surface area contributed by atoms with Crippen LogP contribution in [0.1, 0.15) is 52.9 Å². The van der Waals surface area contributed by atoms with Crippen LogP contribution in [-0.2, 0) is 9.84 Å². The highest BCUT2D eigenvalue weighted by Crippen LogP contribution is 2.39. The molecule has 120 valence electrons. The molecule has 20 heavy (non-hydrogen) atoms. The van der Waals surface area contributed by atoms with Crippen LogP contribution in [0.2, 0.25) is 0 Å². The van der Waals surface area contributed by atoms with E-state index in [1.54, 1.807) is 0 Å². The summed E-state index contributed by atoms with van der Waals surface area (Å²) in [5, 5.41) is 3.58. The summed E-state index contributed by atoms with van der Waals surface area (Å²) in [6.07, 6.45) is 6.97. The van der Waals surface area contributed by atoms with E-state index in [1.807, 2.05) is 0 Å². The Bertz CT molecular complexity index is 371. The lowest BCUT2D eigenvalue weighted by atomic mass is 9.84. The second-order valence-electron chi connectivity index (χ2n) is 6.01. The maximum atomic E-state index is 11.5. The zero-order valence-electron chi connectivity index (χ0n) is 13.6. The van der Waals surface area contributed by atoms with E-state index >= 15 is 0 Å². The average molecular weight is 305 g/mol. The molecular formula is C15H32N2O2S. The largest absolute Gasteiger partial charge is 0.312 e. The smallest absolute Gasteiger partial charge is 0.147 e. The van der Waals surface area contributed by atoms with Gasteiger partial charge in [0.15, 0.2) is 0 Å². The lowest BCUT2D eigenvalue weighted by Crippen LogP contribution is -2.60. The lowest BCUT2D eigenvalue weighted by Gasteiger charge is -2.46. The van der Waals surface area contributed by atoms with Crippen molar-refractivity contribution in [3.63, 3.8) is 0 Å². The van der Waals surface area contributed by atoms with Gasteiger partial charge >= 0.3 is 0 Å². The second kappa shape index (κ2) is 7.76. The van der Waals surface area contributed by atoms with Gasteiger partial charge in [-0.3, -0.25) is 4.90 Å². The Morgan fingerprint density at radius 1 is 1.15 bits per heavy atom. The molecule has 0 aromatic carbocycles. The van der Waals surface area contributed by atoms with Gasteiger partial charge in [-0.15, -0.1) is 0 Å². The van der Waals surface area contributed by atoms with Crippen molar-refractivity contribution in [3.8, 4) is 0 Å². The van der Waals surface area contributed by atoms with Crippen LogP contribution in [0, 0.1) is 0 Å². The molecule has 1 N–H and O–H groups in total. The van der Waals surface area contributed by atoms with Crippen molar-refractivity contribution in [2.24, 2.45) is 0 Å². The lowest BCUT2D eigenvalue weighted by molar-refractivity contribution is 0.0623. The van der Waals surface area contributed by atoms with Crippen LogP contribution < -0.4 is 5.32 Å². The third-order valence-corrected chi connectivity index (χ3v) is 5.72. The summed E-state index contributed by atoms with van der Waals surface area (Å²) in [5.41, 5.74) is 0.157. The minimum atomic E-state index is -2.89. The van der Waals surface area contributed by atoms with Gasteiger partial charge in [-0.05, 0) is 38.9 Å². The van der Waals surface area contributed by atoms with Gasteiger partial charge in [0.05, 0.1) is 5.75 Å². The third-order valence-electron chi connectivity index (χ3n) is 4.74. The Labute approximate surface area is 125 Å². The molecule has 0 amide bonds. The van der Waals surface area contributed by atoms with E-state index in [0.717, 1.165) is 26.1 Å². The molecule has 0 bridgehead atoms. The van der Waals surface area contributed by atoms with Crippen LogP contribution in [0.25, 0.3) is 0 Å². The minimum Gasteiger partial charge on any atom is -0.312 e. The van der Waals surface area contributed by atoms with Crippen molar-refractivity contribution >= 4 is 9.84 Å². The first-order chi connectivity index (χ1) is 9.39. The fourth-order valence-corrected chi connectivity index (χ4v) is 4.53. The first-order valence-corrected chi connectivity index (χ1v) is 10.1. The highest BCUT2D eigenvalue weighted by Gasteiger charge is 2.44. The normalized spacial score (nSPS) is 20.4. The summed E-state index contributed by atoms with van der Waals surface area (Å²) in [6.45, 7) is 9.51. The number of hydrogen-bond acceptors (Lipinski definition) is 4. The molecule has 0 saturated heterocycles. The zero-order valence-corrected chi connectivity index (χ0v) is 14.4. The molecule has 0 aromatic heterocycles. The van der Waals surface area contributed by atoms with E-state index < -0.39 is 9.84 Å². The molecule has 1 rings (SSSR count). The fourth-order valence-electron chi connectivity index (χ4n) is 3.86. The summed E-state index contributed by atoms with van der Waals surface area (Å²) >= 11 is 0. The average Bonchev–Trinajstić information content (AvgIpc) is 2.85. The highest BCUT2D eigenvalue weighted by atomic mass is 32.2. The number of rotatable bonds is 9. The molecule has 4 nitrogen and oxygen atoms in total. The maximum Gasteiger partial charge on any atom is 0.147 e. The number of nitrogens with one attached hydrogen (secondary N) is 1. The SMILES string of the molecule is CCNC(CCS(C)(=O)=O)C1(N(CC)CC)CCCC1. The standard InChI is InChI=1S/C15H32N2O2S/c1-5-16-14(10-13-20(4,18)19)15(11-8-9-12-15)17(6-2)7-3/h14,16H,5-13H2,1-4H3. The monoisotopic (exact) mass is 304 g/mol. The molecule has 0 aromatic rings. The van der Waals surface area contributed by atoms with E-state index in [1.165, 1.54) is 31.9 Å². The van der Waals surface area contributed by atoms with E-state index in [0.29, 0.717) is 0 Å². The first kappa shape index (κ1) is 17.9. The fraction of sp³-hybridized carbons (Fsp3) is 1.00. The second-order valence-corrected chi connectivity index (χ2v) is 8.27. The van der Waals surface area contributed by atoms with Crippen LogP contribution in [0.4, 0.5) is 0 Å². The summed E-state index contributed by atoms with van der Waals surface area (Å²) in [7, 11) is -2.89. The predicted octanol–water partition coefficient (Wildman–Crippen LogP) is 2.05. The van der Waals surface area contributed by atoms with Gasteiger partial charge in [-0.2, -0.15) is 0 Å². The van der Waals surface area contributed by atoms with Crippen molar-refractivity contribution in [2.75, 3.05) is 31.6 Å². The van der Waals surface area contributed by atoms with Crippen molar-refractivity contribution in [1.82, 2.24) is 10.2 Å². The molecule has 5 heteroatoms. The molecule has 1 aliphatic carbocycles. The Kier molecular flexibility index (Phi) is 6.95. The van der Waals surface area contributed by atoms with E-state index in [2.05, 4.69) is 31.0 Å². The zero-order chi connectivity index (χ0) is 15.2. The molecule has 0 heterocycles.